The third-order valence-electron chi connectivity index (χ3n) is 2.51. The van der Waals surface area contributed by atoms with Crippen molar-refractivity contribution in [3.63, 3.8) is 0 Å². The van der Waals surface area contributed by atoms with Gasteiger partial charge in [-0.05, 0) is 31.0 Å². The Morgan fingerprint density at radius 1 is 1.56 bits per heavy atom. The minimum atomic E-state index is 0.0763. The lowest BCUT2D eigenvalue weighted by atomic mass is 10.1. The summed E-state index contributed by atoms with van der Waals surface area (Å²) in [5.41, 5.74) is 2.12. The average Bonchev–Trinajstić information content (AvgIpc) is 2.81. The highest BCUT2D eigenvalue weighted by Gasteiger charge is 2.20. The molecule has 16 heavy (non-hydrogen) atoms. The first-order valence-corrected chi connectivity index (χ1v) is 6.29. The fourth-order valence-electron chi connectivity index (χ4n) is 1.64. The molecule has 0 amide bonds. The highest BCUT2D eigenvalue weighted by atomic mass is 35.5. The first kappa shape index (κ1) is 11.6. The molecule has 0 fully saturated rings. The summed E-state index contributed by atoms with van der Waals surface area (Å²) in [6.45, 7) is 2.02. The average molecular weight is 256 g/mol. The van der Waals surface area contributed by atoms with Crippen LogP contribution in [0.4, 0.5) is 0 Å². The molecule has 0 aromatic carbocycles. The molecule has 0 saturated heterocycles. The maximum atomic E-state index is 6.27. The second-order valence-electron chi connectivity index (χ2n) is 3.73. The van der Waals surface area contributed by atoms with Gasteiger partial charge in [0.25, 0.3) is 0 Å². The fraction of sp³-hybridized carbons (Fsp3) is 0.364. The van der Waals surface area contributed by atoms with Crippen LogP contribution in [0, 0.1) is 6.92 Å². The monoisotopic (exact) mass is 255 g/mol. The summed E-state index contributed by atoms with van der Waals surface area (Å²) in [6, 6.07) is 2.08. The highest BCUT2D eigenvalue weighted by Crippen LogP contribution is 2.34. The maximum absolute atomic E-state index is 6.27. The van der Waals surface area contributed by atoms with Gasteiger partial charge in [-0.2, -0.15) is 5.10 Å². The van der Waals surface area contributed by atoms with Crippen LogP contribution in [-0.4, -0.2) is 16.8 Å². The molecule has 0 aliphatic carbocycles. The van der Waals surface area contributed by atoms with Crippen LogP contribution in [0.1, 0.15) is 22.2 Å². The van der Waals surface area contributed by atoms with E-state index in [1.165, 1.54) is 0 Å². The Hall–Kier alpha value is -0.840. The molecular formula is C11H14ClN3S. The third-order valence-corrected chi connectivity index (χ3v) is 4.28. The van der Waals surface area contributed by atoms with E-state index in [2.05, 4.69) is 15.8 Å². The number of thiophene rings is 1. The zero-order chi connectivity index (χ0) is 11.7. The van der Waals surface area contributed by atoms with Gasteiger partial charge in [0.1, 0.15) is 0 Å². The molecular weight excluding hydrogens is 242 g/mol. The molecule has 2 rings (SSSR count). The Morgan fingerprint density at radius 3 is 2.75 bits per heavy atom. The van der Waals surface area contributed by atoms with E-state index in [4.69, 9.17) is 11.6 Å². The number of aryl methyl sites for hydroxylation is 2. The van der Waals surface area contributed by atoms with Gasteiger partial charge in [0.2, 0.25) is 0 Å². The van der Waals surface area contributed by atoms with Crippen LogP contribution in [0.5, 0.6) is 0 Å². The summed E-state index contributed by atoms with van der Waals surface area (Å²) >= 11 is 7.94. The first-order chi connectivity index (χ1) is 7.63. The summed E-state index contributed by atoms with van der Waals surface area (Å²) in [4.78, 5) is 1.13. The molecule has 5 heteroatoms. The lowest BCUT2D eigenvalue weighted by molar-refractivity contribution is 0.650. The third kappa shape index (κ3) is 2.00. The van der Waals surface area contributed by atoms with Crippen molar-refractivity contribution in [2.75, 3.05) is 7.05 Å². The predicted molar refractivity (Wildman–Crippen MR) is 68.2 cm³/mol. The van der Waals surface area contributed by atoms with E-state index in [-0.39, 0.29) is 6.04 Å². The molecule has 2 aromatic rings. The van der Waals surface area contributed by atoms with Crippen LogP contribution in [-0.2, 0) is 7.05 Å². The number of aromatic nitrogens is 2. The van der Waals surface area contributed by atoms with Gasteiger partial charge < -0.3 is 5.32 Å². The van der Waals surface area contributed by atoms with E-state index < -0.39 is 0 Å². The largest absolute Gasteiger partial charge is 0.307 e. The van der Waals surface area contributed by atoms with Crippen molar-refractivity contribution in [1.82, 2.24) is 15.1 Å². The second kappa shape index (κ2) is 4.57. The number of rotatable bonds is 3. The smallest absolute Gasteiger partial charge is 0.0876 e. The normalized spacial score (nSPS) is 13.0. The molecule has 3 nitrogen and oxygen atoms in total. The molecule has 0 radical (unpaired) electrons. The van der Waals surface area contributed by atoms with Crippen molar-refractivity contribution in [2.45, 2.75) is 13.0 Å². The van der Waals surface area contributed by atoms with E-state index in [1.807, 2.05) is 33.3 Å². The Balaban J connectivity index is 2.40. The van der Waals surface area contributed by atoms with E-state index in [1.54, 1.807) is 16.0 Å². The van der Waals surface area contributed by atoms with Crippen LogP contribution < -0.4 is 5.32 Å². The van der Waals surface area contributed by atoms with E-state index >= 15 is 0 Å². The quantitative estimate of drug-likeness (QED) is 0.914. The molecule has 86 valence electrons. The van der Waals surface area contributed by atoms with E-state index in [0.717, 1.165) is 21.2 Å². The van der Waals surface area contributed by atoms with Crippen molar-refractivity contribution >= 4 is 22.9 Å². The van der Waals surface area contributed by atoms with Gasteiger partial charge in [0, 0.05) is 18.1 Å². The van der Waals surface area contributed by atoms with Crippen LogP contribution in [0.3, 0.4) is 0 Å². The van der Waals surface area contributed by atoms with Crippen molar-refractivity contribution in [3.05, 3.63) is 38.8 Å². The zero-order valence-electron chi connectivity index (χ0n) is 9.49. The highest BCUT2D eigenvalue weighted by molar-refractivity contribution is 7.10. The van der Waals surface area contributed by atoms with E-state index in [9.17, 15) is 0 Å². The second-order valence-corrected chi connectivity index (χ2v) is 5.02. The van der Waals surface area contributed by atoms with Crippen LogP contribution >= 0.6 is 22.9 Å². The minimum absolute atomic E-state index is 0.0763. The minimum Gasteiger partial charge on any atom is -0.307 e. The molecule has 0 spiro atoms. The molecule has 2 aromatic heterocycles. The lowest BCUT2D eigenvalue weighted by Gasteiger charge is -2.12. The van der Waals surface area contributed by atoms with Gasteiger partial charge in [0.05, 0.1) is 16.8 Å². The summed E-state index contributed by atoms with van der Waals surface area (Å²) in [6.07, 6.45) is 1.94. The SMILES string of the molecule is CNC(c1ccn(C)n1)c1scc(C)c1Cl. The maximum Gasteiger partial charge on any atom is 0.0876 e. The van der Waals surface area contributed by atoms with Gasteiger partial charge in [-0.3, -0.25) is 4.68 Å². The Bertz CT molecular complexity index is 489. The lowest BCUT2D eigenvalue weighted by Crippen LogP contribution is -2.17. The molecule has 1 N–H and O–H groups in total. The van der Waals surface area contributed by atoms with Gasteiger partial charge >= 0.3 is 0 Å². The Labute approximate surface area is 104 Å². The molecule has 0 aliphatic rings. The molecule has 0 saturated carbocycles. The van der Waals surface area contributed by atoms with Crippen LogP contribution in [0.15, 0.2) is 17.6 Å². The van der Waals surface area contributed by atoms with Gasteiger partial charge in [-0.15, -0.1) is 11.3 Å². The van der Waals surface area contributed by atoms with Crippen LogP contribution in [0.25, 0.3) is 0 Å². The summed E-state index contributed by atoms with van der Waals surface area (Å²) in [5.74, 6) is 0. The molecule has 1 atom stereocenters. The van der Waals surface area contributed by atoms with Crippen molar-refractivity contribution in [3.8, 4) is 0 Å². The summed E-state index contributed by atoms with van der Waals surface area (Å²) in [5, 5.41) is 10.6. The zero-order valence-corrected chi connectivity index (χ0v) is 11.1. The number of hydrogen-bond acceptors (Lipinski definition) is 3. The summed E-state index contributed by atoms with van der Waals surface area (Å²) < 4.78 is 1.80. The standard InChI is InChI=1S/C11H14ClN3S/c1-7-6-16-11(9(7)12)10(13-2)8-4-5-15(3)14-8/h4-6,10,13H,1-3H3. The predicted octanol–water partition coefficient (Wildman–Crippen LogP) is 2.75. The van der Waals surface area contributed by atoms with Crippen molar-refractivity contribution in [2.24, 2.45) is 7.05 Å². The van der Waals surface area contributed by atoms with Gasteiger partial charge in [0.15, 0.2) is 0 Å². The molecule has 1 unspecified atom stereocenters. The number of halogens is 1. The van der Waals surface area contributed by atoms with Gasteiger partial charge in [-0.25, -0.2) is 0 Å². The van der Waals surface area contributed by atoms with E-state index in [0.29, 0.717) is 0 Å². The number of hydrogen-bond donors (Lipinski definition) is 1. The van der Waals surface area contributed by atoms with Gasteiger partial charge in [-0.1, -0.05) is 11.6 Å². The van der Waals surface area contributed by atoms with Crippen LogP contribution in [0.2, 0.25) is 5.02 Å². The molecule has 0 aliphatic heterocycles. The first-order valence-electron chi connectivity index (χ1n) is 5.03. The Morgan fingerprint density at radius 2 is 2.31 bits per heavy atom. The molecule has 0 bridgehead atoms. The van der Waals surface area contributed by atoms with Crippen molar-refractivity contribution < 1.29 is 0 Å². The van der Waals surface area contributed by atoms with Crippen molar-refractivity contribution in [1.29, 1.82) is 0 Å². The number of nitrogens with one attached hydrogen (secondary N) is 1. The number of nitrogens with zero attached hydrogens (tertiary/aromatic N) is 2. The topological polar surface area (TPSA) is 29.9 Å². The summed E-state index contributed by atoms with van der Waals surface area (Å²) in [7, 11) is 3.84. The fourth-order valence-corrected chi connectivity index (χ4v) is 3.07. The Kier molecular flexibility index (Phi) is 3.33. The molecule has 2 heterocycles.